The van der Waals surface area contributed by atoms with Gasteiger partial charge in [0.25, 0.3) is 0 Å². The molecule has 2 aromatic carbocycles. The lowest BCUT2D eigenvalue weighted by molar-refractivity contribution is -0.118. The van der Waals surface area contributed by atoms with Gasteiger partial charge in [0.15, 0.2) is 0 Å². The van der Waals surface area contributed by atoms with Crippen molar-refractivity contribution < 1.29 is 28.5 Å². The van der Waals surface area contributed by atoms with E-state index in [9.17, 15) is 9.59 Å². The normalized spacial score (nSPS) is 10.5. The fourth-order valence-corrected chi connectivity index (χ4v) is 3.10. The zero-order chi connectivity index (χ0) is 24.4. The Bertz CT molecular complexity index is 802. The van der Waals surface area contributed by atoms with Crippen molar-refractivity contribution >= 4 is 23.2 Å². The fraction of sp³-hybridized carbons (Fsp3) is 0.462. The molecule has 0 aliphatic rings. The third kappa shape index (κ3) is 10.7. The third-order valence-electron chi connectivity index (χ3n) is 4.76. The molecule has 0 saturated carbocycles. The minimum Gasteiger partial charge on any atom is -0.489 e. The number of ether oxygens (including phenoxy) is 4. The van der Waals surface area contributed by atoms with Crippen LogP contribution in [-0.2, 0) is 19.1 Å². The Morgan fingerprint density at radius 2 is 1.06 bits per heavy atom. The Hall–Kier alpha value is -3.10. The van der Waals surface area contributed by atoms with E-state index in [1.165, 1.54) is 0 Å². The van der Waals surface area contributed by atoms with Gasteiger partial charge in [0.05, 0.1) is 24.6 Å². The van der Waals surface area contributed by atoms with Crippen molar-refractivity contribution in [1.29, 1.82) is 0 Å². The second-order valence-corrected chi connectivity index (χ2v) is 7.39. The maximum Gasteiger partial charge on any atom is 0.224 e. The summed E-state index contributed by atoms with van der Waals surface area (Å²) in [5, 5.41) is 5.77. The third-order valence-corrected chi connectivity index (χ3v) is 4.76. The molecule has 8 nitrogen and oxygen atoms in total. The van der Waals surface area contributed by atoms with E-state index in [1.807, 2.05) is 50.2 Å². The second kappa shape index (κ2) is 16.5. The number of rotatable bonds is 17. The second-order valence-electron chi connectivity index (χ2n) is 7.39. The number of benzene rings is 2. The standard InChI is InChI=1S/C26H36N2O6/c1-3-31-17-19-33-23-13-7-5-11-21(23)27-25(29)15-9-10-16-26(30)28-22-12-6-8-14-24(22)34-20-18-32-4-2/h5-8,11-14H,3-4,9-10,15-20H2,1-2H3,(H,27,29)(H,28,30). The summed E-state index contributed by atoms with van der Waals surface area (Å²) >= 11 is 0. The predicted molar refractivity (Wildman–Crippen MR) is 133 cm³/mol. The summed E-state index contributed by atoms with van der Waals surface area (Å²) in [5.74, 6) is 0.984. The first-order chi connectivity index (χ1) is 16.6. The molecule has 0 spiro atoms. The summed E-state index contributed by atoms with van der Waals surface area (Å²) in [6, 6.07) is 14.6. The highest BCUT2D eigenvalue weighted by atomic mass is 16.5. The molecular weight excluding hydrogens is 436 g/mol. The number of hydrogen-bond acceptors (Lipinski definition) is 6. The van der Waals surface area contributed by atoms with E-state index in [-0.39, 0.29) is 11.8 Å². The molecule has 2 rings (SSSR count). The van der Waals surface area contributed by atoms with Crippen molar-refractivity contribution in [2.24, 2.45) is 0 Å². The van der Waals surface area contributed by atoms with E-state index < -0.39 is 0 Å². The lowest BCUT2D eigenvalue weighted by Gasteiger charge is -2.13. The van der Waals surface area contributed by atoms with Crippen LogP contribution in [0.25, 0.3) is 0 Å². The molecule has 0 bridgehead atoms. The minimum absolute atomic E-state index is 0.116. The molecule has 0 radical (unpaired) electrons. The van der Waals surface area contributed by atoms with Gasteiger partial charge in [-0.15, -0.1) is 0 Å². The molecule has 186 valence electrons. The maximum absolute atomic E-state index is 12.3. The first-order valence-corrected chi connectivity index (χ1v) is 11.8. The molecule has 2 amide bonds. The zero-order valence-electron chi connectivity index (χ0n) is 20.1. The van der Waals surface area contributed by atoms with Crippen LogP contribution in [0.15, 0.2) is 48.5 Å². The van der Waals surface area contributed by atoms with Crippen LogP contribution in [0.1, 0.15) is 39.5 Å². The van der Waals surface area contributed by atoms with Crippen LogP contribution in [0.5, 0.6) is 11.5 Å². The van der Waals surface area contributed by atoms with E-state index in [0.29, 0.717) is 88.2 Å². The van der Waals surface area contributed by atoms with Gasteiger partial charge in [0.2, 0.25) is 11.8 Å². The van der Waals surface area contributed by atoms with Crippen molar-refractivity contribution in [3.63, 3.8) is 0 Å². The molecule has 0 fully saturated rings. The van der Waals surface area contributed by atoms with E-state index in [2.05, 4.69) is 10.6 Å². The van der Waals surface area contributed by atoms with E-state index in [1.54, 1.807) is 12.1 Å². The topological polar surface area (TPSA) is 95.1 Å². The van der Waals surface area contributed by atoms with Gasteiger partial charge in [-0.2, -0.15) is 0 Å². The number of nitrogens with one attached hydrogen (secondary N) is 2. The molecule has 0 aliphatic heterocycles. The highest BCUT2D eigenvalue weighted by molar-refractivity contribution is 5.93. The average Bonchev–Trinajstić information content (AvgIpc) is 2.84. The van der Waals surface area contributed by atoms with Gasteiger partial charge >= 0.3 is 0 Å². The van der Waals surface area contributed by atoms with Gasteiger partial charge in [-0.05, 0) is 51.0 Å². The SMILES string of the molecule is CCOCCOc1ccccc1NC(=O)CCCCC(=O)Nc1ccccc1OCCOCC. The van der Waals surface area contributed by atoms with Crippen molar-refractivity contribution in [1.82, 2.24) is 0 Å². The largest absolute Gasteiger partial charge is 0.489 e. The molecule has 8 heteroatoms. The van der Waals surface area contributed by atoms with E-state index in [0.717, 1.165) is 0 Å². The van der Waals surface area contributed by atoms with Crippen LogP contribution in [0, 0.1) is 0 Å². The lowest BCUT2D eigenvalue weighted by Crippen LogP contribution is -2.15. The molecule has 0 heterocycles. The molecule has 2 N–H and O–H groups in total. The number of unbranched alkanes of at least 4 members (excludes halogenated alkanes) is 1. The average molecular weight is 473 g/mol. The quantitative estimate of drug-likeness (QED) is 0.325. The molecule has 0 unspecified atom stereocenters. The summed E-state index contributed by atoms with van der Waals surface area (Å²) in [7, 11) is 0. The lowest BCUT2D eigenvalue weighted by atomic mass is 10.1. The molecular formula is C26H36N2O6. The van der Waals surface area contributed by atoms with Crippen molar-refractivity contribution in [2.45, 2.75) is 39.5 Å². The number of hydrogen-bond donors (Lipinski definition) is 2. The van der Waals surface area contributed by atoms with Gasteiger partial charge < -0.3 is 29.6 Å². The van der Waals surface area contributed by atoms with Crippen LogP contribution in [-0.4, -0.2) is 51.5 Å². The van der Waals surface area contributed by atoms with Crippen molar-refractivity contribution in [2.75, 3.05) is 50.3 Å². The Morgan fingerprint density at radius 1 is 0.647 bits per heavy atom. The Balaban J connectivity index is 1.70. The zero-order valence-corrected chi connectivity index (χ0v) is 20.1. The Kier molecular flexibility index (Phi) is 13.2. The molecule has 2 aromatic rings. The molecule has 0 saturated heterocycles. The van der Waals surface area contributed by atoms with E-state index in [4.69, 9.17) is 18.9 Å². The number of anilines is 2. The summed E-state index contributed by atoms with van der Waals surface area (Å²) in [6.07, 6.45) is 1.83. The number of amides is 2. The highest BCUT2D eigenvalue weighted by Crippen LogP contribution is 2.25. The first kappa shape index (κ1) is 27.1. The minimum atomic E-state index is -0.116. The summed E-state index contributed by atoms with van der Waals surface area (Å²) in [5.41, 5.74) is 1.25. The van der Waals surface area contributed by atoms with Gasteiger partial charge in [0, 0.05) is 26.1 Å². The molecule has 0 atom stereocenters. The van der Waals surface area contributed by atoms with Gasteiger partial charge in [0.1, 0.15) is 24.7 Å². The van der Waals surface area contributed by atoms with Gasteiger partial charge in [-0.25, -0.2) is 0 Å². The van der Waals surface area contributed by atoms with Crippen LogP contribution in [0.2, 0.25) is 0 Å². The molecule has 0 aromatic heterocycles. The van der Waals surface area contributed by atoms with Crippen LogP contribution >= 0.6 is 0 Å². The predicted octanol–water partition coefficient (Wildman–Crippen LogP) is 4.65. The number of carbonyl (C=O) groups excluding carboxylic acids is 2. The highest BCUT2D eigenvalue weighted by Gasteiger charge is 2.10. The molecule has 0 aliphatic carbocycles. The monoisotopic (exact) mass is 472 g/mol. The summed E-state index contributed by atoms with van der Waals surface area (Å²) < 4.78 is 21.9. The van der Waals surface area contributed by atoms with Crippen LogP contribution in [0.4, 0.5) is 11.4 Å². The maximum atomic E-state index is 12.3. The first-order valence-electron chi connectivity index (χ1n) is 11.8. The van der Waals surface area contributed by atoms with Crippen molar-refractivity contribution in [3.05, 3.63) is 48.5 Å². The summed E-state index contributed by atoms with van der Waals surface area (Å²) in [4.78, 5) is 24.7. The smallest absolute Gasteiger partial charge is 0.224 e. The summed E-state index contributed by atoms with van der Waals surface area (Å²) in [6.45, 7) is 6.93. The number of para-hydroxylation sites is 4. The number of carbonyl (C=O) groups is 2. The van der Waals surface area contributed by atoms with Crippen molar-refractivity contribution in [3.8, 4) is 11.5 Å². The Labute approximate surface area is 201 Å². The van der Waals surface area contributed by atoms with Crippen LogP contribution in [0.3, 0.4) is 0 Å². The Morgan fingerprint density at radius 3 is 1.47 bits per heavy atom. The van der Waals surface area contributed by atoms with E-state index >= 15 is 0 Å². The molecule has 34 heavy (non-hydrogen) atoms. The van der Waals surface area contributed by atoms with Gasteiger partial charge in [-0.1, -0.05) is 24.3 Å². The fourth-order valence-electron chi connectivity index (χ4n) is 3.10. The van der Waals surface area contributed by atoms with Gasteiger partial charge in [-0.3, -0.25) is 9.59 Å². The van der Waals surface area contributed by atoms with Crippen LogP contribution < -0.4 is 20.1 Å².